The molecule has 0 amide bonds. The van der Waals surface area contributed by atoms with Crippen molar-refractivity contribution in [1.29, 1.82) is 0 Å². The molecule has 1 atom stereocenters. The third kappa shape index (κ3) is 4.16. The van der Waals surface area contributed by atoms with Gasteiger partial charge in [-0.3, -0.25) is 0 Å². The number of halogens is 1. The van der Waals surface area contributed by atoms with Gasteiger partial charge in [-0.05, 0) is 31.3 Å². The van der Waals surface area contributed by atoms with Crippen LogP contribution in [-0.4, -0.2) is 18.8 Å². The predicted octanol–water partition coefficient (Wildman–Crippen LogP) is 3.15. The molecule has 1 aromatic carbocycles. The second kappa shape index (κ2) is 5.68. The lowest BCUT2D eigenvalue weighted by Gasteiger charge is -2.09. The summed E-state index contributed by atoms with van der Waals surface area (Å²) >= 11 is 5.31. The van der Waals surface area contributed by atoms with Crippen molar-refractivity contribution in [3.63, 3.8) is 0 Å². The van der Waals surface area contributed by atoms with E-state index in [-0.39, 0.29) is 0 Å². The monoisotopic (exact) mass is 259 g/mol. The fourth-order valence-electron chi connectivity index (χ4n) is 1.07. The normalized spacial score (nSPS) is 12.8. The van der Waals surface area contributed by atoms with Crippen molar-refractivity contribution in [3.8, 4) is 0 Å². The molecule has 1 N–H and O–H groups in total. The fraction of sp³-hybridized carbons (Fsp3) is 0.400. The topological polar surface area (TPSA) is 12.0 Å². The summed E-state index contributed by atoms with van der Waals surface area (Å²) in [5.41, 5.74) is 0. The minimum absolute atomic E-state index is 0.617. The minimum Gasteiger partial charge on any atom is -0.319 e. The SMILES string of the molecule is CNCC(C)Sc1ccc(Br)cc1. The van der Waals surface area contributed by atoms with Gasteiger partial charge in [0, 0.05) is 21.2 Å². The molecule has 0 aliphatic heterocycles. The minimum atomic E-state index is 0.617. The molecule has 0 aliphatic rings. The van der Waals surface area contributed by atoms with Gasteiger partial charge in [0.25, 0.3) is 0 Å². The number of thioether (sulfide) groups is 1. The standard InChI is InChI=1S/C10H14BrNS/c1-8(7-12-2)13-10-5-3-9(11)4-6-10/h3-6,8,12H,7H2,1-2H3. The molecule has 72 valence electrons. The fourth-order valence-corrected chi connectivity index (χ4v) is 2.35. The van der Waals surface area contributed by atoms with Crippen LogP contribution in [0, 0.1) is 0 Å². The number of nitrogens with one attached hydrogen (secondary N) is 1. The number of benzene rings is 1. The van der Waals surface area contributed by atoms with Crippen molar-refractivity contribution >= 4 is 27.7 Å². The van der Waals surface area contributed by atoms with Crippen LogP contribution in [0.1, 0.15) is 6.92 Å². The molecule has 0 heterocycles. The molecule has 0 saturated heterocycles. The lowest BCUT2D eigenvalue weighted by Crippen LogP contribution is -2.17. The number of rotatable bonds is 4. The van der Waals surface area contributed by atoms with Crippen molar-refractivity contribution in [2.75, 3.05) is 13.6 Å². The highest BCUT2D eigenvalue weighted by Crippen LogP contribution is 2.24. The highest BCUT2D eigenvalue weighted by atomic mass is 79.9. The summed E-state index contributed by atoms with van der Waals surface area (Å²) in [7, 11) is 1.98. The molecule has 0 aromatic heterocycles. The third-order valence-electron chi connectivity index (χ3n) is 1.64. The van der Waals surface area contributed by atoms with E-state index in [1.165, 1.54) is 4.90 Å². The van der Waals surface area contributed by atoms with Crippen LogP contribution in [0.4, 0.5) is 0 Å². The molecule has 1 rings (SSSR count). The lowest BCUT2D eigenvalue weighted by atomic mass is 10.4. The second-order valence-electron chi connectivity index (χ2n) is 2.94. The highest BCUT2D eigenvalue weighted by Gasteiger charge is 2.02. The van der Waals surface area contributed by atoms with Crippen molar-refractivity contribution < 1.29 is 0 Å². The Labute approximate surface area is 92.4 Å². The summed E-state index contributed by atoms with van der Waals surface area (Å²) in [5, 5.41) is 3.79. The van der Waals surface area contributed by atoms with Gasteiger partial charge in [-0.15, -0.1) is 11.8 Å². The van der Waals surface area contributed by atoms with Crippen molar-refractivity contribution in [1.82, 2.24) is 5.32 Å². The average molecular weight is 260 g/mol. The molecule has 0 spiro atoms. The Hall–Kier alpha value is 0.01000. The summed E-state index contributed by atoms with van der Waals surface area (Å²) in [5.74, 6) is 0. The molecule has 0 radical (unpaired) electrons. The average Bonchev–Trinajstić information content (AvgIpc) is 2.09. The summed E-state index contributed by atoms with van der Waals surface area (Å²) < 4.78 is 1.14. The summed E-state index contributed by atoms with van der Waals surface area (Å²) in [6.07, 6.45) is 0. The number of hydrogen-bond acceptors (Lipinski definition) is 2. The predicted molar refractivity (Wildman–Crippen MR) is 63.4 cm³/mol. The molecule has 1 aromatic rings. The first-order valence-corrected chi connectivity index (χ1v) is 5.96. The molecule has 0 fully saturated rings. The molecule has 3 heteroatoms. The van der Waals surface area contributed by atoms with Crippen molar-refractivity contribution in [2.45, 2.75) is 17.1 Å². The van der Waals surface area contributed by atoms with Gasteiger partial charge in [-0.1, -0.05) is 22.9 Å². The molecule has 0 saturated carbocycles. The van der Waals surface area contributed by atoms with E-state index in [1.54, 1.807) is 0 Å². The van der Waals surface area contributed by atoms with Gasteiger partial charge in [0.1, 0.15) is 0 Å². The zero-order valence-electron chi connectivity index (χ0n) is 7.88. The Kier molecular flexibility index (Phi) is 4.84. The third-order valence-corrected chi connectivity index (χ3v) is 3.28. The first-order chi connectivity index (χ1) is 6.22. The Bertz CT molecular complexity index is 248. The molecule has 13 heavy (non-hydrogen) atoms. The van der Waals surface area contributed by atoms with Crippen LogP contribution in [0.15, 0.2) is 33.6 Å². The van der Waals surface area contributed by atoms with E-state index >= 15 is 0 Å². The lowest BCUT2D eigenvalue weighted by molar-refractivity contribution is 0.785. The molecule has 0 aliphatic carbocycles. The quantitative estimate of drug-likeness (QED) is 0.835. The van der Waals surface area contributed by atoms with Crippen LogP contribution in [0.3, 0.4) is 0 Å². The van der Waals surface area contributed by atoms with E-state index in [0.717, 1.165) is 11.0 Å². The van der Waals surface area contributed by atoms with Gasteiger partial charge in [0.05, 0.1) is 0 Å². The highest BCUT2D eigenvalue weighted by molar-refractivity contribution is 9.10. The van der Waals surface area contributed by atoms with Gasteiger partial charge in [-0.2, -0.15) is 0 Å². The number of hydrogen-bond donors (Lipinski definition) is 1. The molecular formula is C10H14BrNS. The first kappa shape index (κ1) is 11.1. The van der Waals surface area contributed by atoms with Gasteiger partial charge in [0.15, 0.2) is 0 Å². The Balaban J connectivity index is 2.49. The van der Waals surface area contributed by atoms with Gasteiger partial charge < -0.3 is 5.32 Å². The molecule has 1 unspecified atom stereocenters. The van der Waals surface area contributed by atoms with Crippen LogP contribution >= 0.6 is 27.7 Å². The van der Waals surface area contributed by atoms with Crippen LogP contribution < -0.4 is 5.32 Å². The van der Waals surface area contributed by atoms with Gasteiger partial charge >= 0.3 is 0 Å². The van der Waals surface area contributed by atoms with E-state index in [2.05, 4.69) is 52.4 Å². The van der Waals surface area contributed by atoms with Gasteiger partial charge in [0.2, 0.25) is 0 Å². The molecular weight excluding hydrogens is 246 g/mol. The zero-order valence-corrected chi connectivity index (χ0v) is 10.3. The molecule has 1 nitrogen and oxygen atoms in total. The van der Waals surface area contributed by atoms with E-state index in [9.17, 15) is 0 Å². The Morgan fingerprint density at radius 2 is 2.00 bits per heavy atom. The van der Waals surface area contributed by atoms with E-state index in [0.29, 0.717) is 5.25 Å². The van der Waals surface area contributed by atoms with Crippen molar-refractivity contribution in [2.24, 2.45) is 0 Å². The van der Waals surface area contributed by atoms with E-state index in [1.807, 2.05) is 18.8 Å². The Morgan fingerprint density at radius 3 is 2.54 bits per heavy atom. The van der Waals surface area contributed by atoms with Gasteiger partial charge in [-0.25, -0.2) is 0 Å². The van der Waals surface area contributed by atoms with E-state index in [4.69, 9.17) is 0 Å². The van der Waals surface area contributed by atoms with Crippen LogP contribution in [0.2, 0.25) is 0 Å². The Morgan fingerprint density at radius 1 is 1.38 bits per heavy atom. The van der Waals surface area contributed by atoms with Crippen LogP contribution in [0.25, 0.3) is 0 Å². The summed E-state index contributed by atoms with van der Waals surface area (Å²) in [4.78, 5) is 1.32. The van der Waals surface area contributed by atoms with Crippen molar-refractivity contribution in [3.05, 3.63) is 28.7 Å². The maximum absolute atomic E-state index is 3.42. The zero-order chi connectivity index (χ0) is 9.68. The maximum atomic E-state index is 3.42. The molecule has 0 bridgehead atoms. The largest absolute Gasteiger partial charge is 0.319 e. The summed E-state index contributed by atoms with van der Waals surface area (Å²) in [6, 6.07) is 8.44. The van der Waals surface area contributed by atoms with Crippen LogP contribution in [-0.2, 0) is 0 Å². The first-order valence-electron chi connectivity index (χ1n) is 4.29. The second-order valence-corrected chi connectivity index (χ2v) is 5.37. The maximum Gasteiger partial charge on any atom is 0.0191 e. The van der Waals surface area contributed by atoms with Crippen LogP contribution in [0.5, 0.6) is 0 Å². The van der Waals surface area contributed by atoms with E-state index < -0.39 is 0 Å². The summed E-state index contributed by atoms with van der Waals surface area (Å²) in [6.45, 7) is 3.27. The smallest absolute Gasteiger partial charge is 0.0191 e.